The molecule has 2 amide bonds. The Morgan fingerprint density at radius 3 is 2.17 bits per heavy atom. The number of carbonyl (C=O) groups is 4. The quantitative estimate of drug-likeness (QED) is 0.572. The Kier molecular flexibility index (Phi) is 9.11. The molecule has 2 atom stereocenters. The number of benzene rings is 1. The minimum Gasteiger partial charge on any atom is -0.481 e. The minimum atomic E-state index is -1.28. The molecule has 0 aliphatic heterocycles. The molecule has 0 heterocycles. The Balaban J connectivity index is 2.87. The van der Waals surface area contributed by atoms with E-state index in [1.54, 1.807) is 52.0 Å². The lowest BCUT2D eigenvalue weighted by Gasteiger charge is -2.28. The maximum absolute atomic E-state index is 12.3. The number of aliphatic carboxylic acids is 1. The average Bonchev–Trinajstić information content (AvgIpc) is 2.62. The van der Waals surface area contributed by atoms with Gasteiger partial charge in [-0.15, -0.1) is 0 Å². The number of hydrogen-bond donors (Lipinski definition) is 3. The lowest BCUT2D eigenvalue weighted by molar-refractivity contribution is -0.137. The molecule has 3 N–H and O–H groups in total. The van der Waals surface area contributed by atoms with Gasteiger partial charge in [0.15, 0.2) is 5.78 Å². The third-order valence-electron chi connectivity index (χ3n) is 3.68. The molecule has 9 nitrogen and oxygen atoms in total. The highest BCUT2D eigenvalue weighted by atomic mass is 16.6. The zero-order chi connectivity index (χ0) is 22.0. The highest BCUT2D eigenvalue weighted by Gasteiger charge is 2.33. The molecule has 0 bridgehead atoms. The van der Waals surface area contributed by atoms with Gasteiger partial charge >= 0.3 is 18.2 Å². The number of ether oxygens (including phenoxy) is 2. The number of alkyl carbamates (subject to hydrolysis) is 2. The predicted molar refractivity (Wildman–Crippen MR) is 104 cm³/mol. The molecule has 0 aliphatic rings. The number of hydrogen-bond acceptors (Lipinski definition) is 6. The van der Waals surface area contributed by atoms with E-state index in [0.29, 0.717) is 0 Å². The second-order valence-electron chi connectivity index (χ2n) is 7.35. The van der Waals surface area contributed by atoms with Crippen LogP contribution in [0.3, 0.4) is 0 Å². The van der Waals surface area contributed by atoms with Crippen LogP contribution in [-0.4, -0.2) is 46.7 Å². The van der Waals surface area contributed by atoms with Gasteiger partial charge in [0.1, 0.15) is 18.2 Å². The van der Waals surface area contributed by atoms with Gasteiger partial charge in [-0.05, 0) is 26.3 Å². The molecule has 0 saturated carbocycles. The van der Waals surface area contributed by atoms with E-state index in [9.17, 15) is 24.3 Å². The fraction of sp³-hybridized carbons (Fsp3) is 0.500. The van der Waals surface area contributed by atoms with Crippen LogP contribution in [-0.2, 0) is 25.7 Å². The predicted octanol–water partition coefficient (Wildman–Crippen LogP) is 2.63. The van der Waals surface area contributed by atoms with E-state index in [1.807, 2.05) is 6.07 Å². The van der Waals surface area contributed by atoms with Crippen LogP contribution in [0.2, 0.25) is 0 Å². The van der Waals surface area contributed by atoms with Gasteiger partial charge < -0.3 is 25.2 Å². The molecular formula is C20H28N2O7. The molecule has 0 saturated heterocycles. The van der Waals surface area contributed by atoms with Crippen LogP contribution < -0.4 is 10.6 Å². The normalized spacial score (nSPS) is 13.0. The summed E-state index contributed by atoms with van der Waals surface area (Å²) in [7, 11) is 0. The van der Waals surface area contributed by atoms with Crippen molar-refractivity contribution in [3.8, 4) is 0 Å². The molecule has 0 aliphatic carbocycles. The Labute approximate surface area is 169 Å². The molecule has 0 aromatic heterocycles. The first-order valence-electron chi connectivity index (χ1n) is 9.23. The second-order valence-corrected chi connectivity index (χ2v) is 7.35. The van der Waals surface area contributed by atoms with Crippen molar-refractivity contribution in [1.82, 2.24) is 10.6 Å². The maximum atomic E-state index is 12.3. The van der Waals surface area contributed by atoms with E-state index in [2.05, 4.69) is 10.6 Å². The summed E-state index contributed by atoms with van der Waals surface area (Å²) in [4.78, 5) is 47.9. The van der Waals surface area contributed by atoms with E-state index in [4.69, 9.17) is 9.47 Å². The van der Waals surface area contributed by atoms with Gasteiger partial charge in [0, 0.05) is 6.42 Å². The van der Waals surface area contributed by atoms with Gasteiger partial charge in [-0.25, -0.2) is 9.59 Å². The Hall–Kier alpha value is -3.10. The van der Waals surface area contributed by atoms with Crippen LogP contribution >= 0.6 is 0 Å². The number of carboxylic acids is 1. The van der Waals surface area contributed by atoms with E-state index in [1.165, 1.54) is 0 Å². The molecule has 0 radical (unpaired) electrons. The summed E-state index contributed by atoms with van der Waals surface area (Å²) in [6.45, 7) is 6.49. The van der Waals surface area contributed by atoms with Crippen LogP contribution in [0.1, 0.15) is 46.1 Å². The molecule has 1 rings (SSSR count). The first-order chi connectivity index (χ1) is 13.5. The van der Waals surface area contributed by atoms with E-state index < -0.39 is 48.0 Å². The maximum Gasteiger partial charge on any atom is 0.408 e. The lowest BCUT2D eigenvalue weighted by atomic mass is 9.99. The van der Waals surface area contributed by atoms with Crippen molar-refractivity contribution >= 4 is 23.9 Å². The fourth-order valence-electron chi connectivity index (χ4n) is 2.42. The molecule has 0 fully saturated rings. The number of rotatable bonds is 9. The third kappa shape index (κ3) is 9.59. The van der Waals surface area contributed by atoms with Gasteiger partial charge in [0.05, 0.1) is 12.5 Å². The molecule has 1 unspecified atom stereocenters. The first-order valence-corrected chi connectivity index (χ1v) is 9.23. The Morgan fingerprint density at radius 1 is 1.03 bits per heavy atom. The van der Waals surface area contributed by atoms with Crippen LogP contribution in [0.4, 0.5) is 9.59 Å². The Bertz CT molecular complexity index is 713. The summed E-state index contributed by atoms with van der Waals surface area (Å²) in [6, 6.07) is 6.40. The van der Waals surface area contributed by atoms with Crippen molar-refractivity contribution in [3.05, 3.63) is 35.9 Å². The smallest absolute Gasteiger partial charge is 0.408 e. The number of ketones is 1. The summed E-state index contributed by atoms with van der Waals surface area (Å²) >= 11 is 0. The van der Waals surface area contributed by atoms with Crippen molar-refractivity contribution in [2.75, 3.05) is 0 Å². The highest BCUT2D eigenvalue weighted by Crippen LogP contribution is 2.10. The SMILES string of the molecule is CCC(=O)C(NC(=O)OC(C)(C)C)[C@@H](CC(=O)O)NC(=O)OCc1ccccc1. The molecule has 1 aromatic carbocycles. The topological polar surface area (TPSA) is 131 Å². The van der Waals surface area contributed by atoms with Crippen molar-refractivity contribution in [2.45, 2.75) is 64.8 Å². The summed E-state index contributed by atoms with van der Waals surface area (Å²) in [5, 5.41) is 13.9. The number of carbonyl (C=O) groups excluding carboxylic acids is 3. The molecule has 0 spiro atoms. The molecular weight excluding hydrogens is 380 g/mol. The van der Waals surface area contributed by atoms with Crippen molar-refractivity contribution in [2.24, 2.45) is 0 Å². The van der Waals surface area contributed by atoms with Crippen LogP contribution in [0.25, 0.3) is 0 Å². The zero-order valence-corrected chi connectivity index (χ0v) is 17.1. The van der Waals surface area contributed by atoms with Crippen LogP contribution in [0, 0.1) is 0 Å². The summed E-state index contributed by atoms with van der Waals surface area (Å²) in [5.74, 6) is -1.70. The standard InChI is InChI=1S/C20H28N2O7/c1-5-15(23)17(22-19(27)29-20(2,3)4)14(11-16(24)25)21-18(26)28-12-13-9-7-6-8-10-13/h6-10,14,17H,5,11-12H2,1-4H3,(H,21,26)(H,22,27)(H,24,25)/t14-,17?/m1/s1. The molecule has 9 heteroatoms. The molecule has 1 aromatic rings. The van der Waals surface area contributed by atoms with E-state index in [-0.39, 0.29) is 13.0 Å². The number of amides is 2. The van der Waals surface area contributed by atoms with Crippen molar-refractivity contribution < 1.29 is 33.8 Å². The first kappa shape index (κ1) is 23.9. The zero-order valence-electron chi connectivity index (χ0n) is 17.1. The highest BCUT2D eigenvalue weighted by molar-refractivity contribution is 5.89. The largest absolute Gasteiger partial charge is 0.481 e. The molecule has 29 heavy (non-hydrogen) atoms. The van der Waals surface area contributed by atoms with E-state index in [0.717, 1.165) is 5.56 Å². The van der Waals surface area contributed by atoms with Gasteiger partial charge in [0.25, 0.3) is 0 Å². The third-order valence-corrected chi connectivity index (χ3v) is 3.68. The Morgan fingerprint density at radius 2 is 1.66 bits per heavy atom. The van der Waals surface area contributed by atoms with Crippen LogP contribution in [0.5, 0.6) is 0 Å². The lowest BCUT2D eigenvalue weighted by Crippen LogP contribution is -2.56. The summed E-state index contributed by atoms with van der Waals surface area (Å²) in [6.07, 6.45) is -2.36. The van der Waals surface area contributed by atoms with Crippen LogP contribution in [0.15, 0.2) is 30.3 Å². The summed E-state index contributed by atoms with van der Waals surface area (Å²) in [5.41, 5.74) is -0.0701. The van der Waals surface area contributed by atoms with Crippen molar-refractivity contribution in [1.29, 1.82) is 0 Å². The minimum absolute atomic E-state index is 0.0251. The van der Waals surface area contributed by atoms with Gasteiger partial charge in [-0.2, -0.15) is 0 Å². The average molecular weight is 408 g/mol. The number of carboxylic acid groups (broad SMARTS) is 1. The van der Waals surface area contributed by atoms with Gasteiger partial charge in [-0.3, -0.25) is 9.59 Å². The monoisotopic (exact) mass is 408 g/mol. The van der Waals surface area contributed by atoms with E-state index >= 15 is 0 Å². The van der Waals surface area contributed by atoms with Crippen molar-refractivity contribution in [3.63, 3.8) is 0 Å². The second kappa shape index (κ2) is 11.0. The number of nitrogens with one attached hydrogen (secondary N) is 2. The van der Waals surface area contributed by atoms with Gasteiger partial charge in [-0.1, -0.05) is 37.3 Å². The fourth-order valence-corrected chi connectivity index (χ4v) is 2.42. The molecule has 160 valence electrons. The number of Topliss-reactive ketones (excluding diaryl/α,β-unsaturated/α-hetero) is 1. The van der Waals surface area contributed by atoms with Gasteiger partial charge in [0.2, 0.25) is 0 Å². The summed E-state index contributed by atoms with van der Waals surface area (Å²) < 4.78 is 10.2.